The molecule has 1 saturated carbocycles. The summed E-state index contributed by atoms with van der Waals surface area (Å²) in [6.07, 6.45) is 4.05. The topological polar surface area (TPSA) is 28.2 Å². The van der Waals surface area contributed by atoms with E-state index in [1.54, 1.807) is 11.3 Å². The number of rotatable bonds is 5. The van der Waals surface area contributed by atoms with Crippen molar-refractivity contribution in [3.05, 3.63) is 16.1 Å². The standard InChI is InChI=1S/C15H27N3S/c1-11-5-6-15(16-3)13(7-11)8-18(4)9-14-10-19-12(2)17-14/h10-11,13,15-16H,5-9H2,1-4H3. The van der Waals surface area contributed by atoms with Crippen LogP contribution in [0.2, 0.25) is 0 Å². The quantitative estimate of drug-likeness (QED) is 0.899. The third-order valence-electron chi connectivity index (χ3n) is 4.26. The fourth-order valence-corrected chi connectivity index (χ4v) is 3.91. The van der Waals surface area contributed by atoms with Crippen LogP contribution in [0.15, 0.2) is 5.38 Å². The molecule has 0 aromatic carbocycles. The minimum absolute atomic E-state index is 0.691. The van der Waals surface area contributed by atoms with Crippen LogP contribution in [0.1, 0.15) is 36.9 Å². The van der Waals surface area contributed by atoms with Crippen molar-refractivity contribution in [1.82, 2.24) is 15.2 Å². The van der Waals surface area contributed by atoms with Gasteiger partial charge in [-0.25, -0.2) is 4.98 Å². The summed E-state index contributed by atoms with van der Waals surface area (Å²) >= 11 is 1.75. The van der Waals surface area contributed by atoms with E-state index in [1.165, 1.54) is 36.5 Å². The van der Waals surface area contributed by atoms with Gasteiger partial charge in [0.05, 0.1) is 10.7 Å². The Kier molecular flexibility index (Phi) is 5.37. The molecule has 3 atom stereocenters. The molecule has 1 aliphatic rings. The molecule has 0 radical (unpaired) electrons. The van der Waals surface area contributed by atoms with Crippen LogP contribution in [0.25, 0.3) is 0 Å². The minimum atomic E-state index is 0.691. The van der Waals surface area contributed by atoms with Crippen LogP contribution < -0.4 is 5.32 Å². The van der Waals surface area contributed by atoms with E-state index in [9.17, 15) is 0 Å². The van der Waals surface area contributed by atoms with Gasteiger partial charge in [-0.3, -0.25) is 0 Å². The van der Waals surface area contributed by atoms with E-state index in [2.05, 4.69) is 48.5 Å². The molecule has 1 aliphatic carbocycles. The Labute approximate surface area is 121 Å². The van der Waals surface area contributed by atoms with Crippen LogP contribution in [0.4, 0.5) is 0 Å². The van der Waals surface area contributed by atoms with Crippen molar-refractivity contribution < 1.29 is 0 Å². The van der Waals surface area contributed by atoms with Crippen LogP contribution in [0.5, 0.6) is 0 Å². The zero-order valence-corrected chi connectivity index (χ0v) is 13.5. The van der Waals surface area contributed by atoms with E-state index >= 15 is 0 Å². The average Bonchev–Trinajstić information content (AvgIpc) is 2.75. The van der Waals surface area contributed by atoms with E-state index in [0.717, 1.165) is 18.4 Å². The molecular formula is C15H27N3S. The van der Waals surface area contributed by atoms with Crippen LogP contribution in [0, 0.1) is 18.8 Å². The Balaban J connectivity index is 1.87. The Bertz CT molecular complexity index is 390. The highest BCUT2D eigenvalue weighted by atomic mass is 32.1. The summed E-state index contributed by atoms with van der Waals surface area (Å²) in [4.78, 5) is 6.99. The van der Waals surface area contributed by atoms with Gasteiger partial charge in [0.1, 0.15) is 0 Å². The summed E-state index contributed by atoms with van der Waals surface area (Å²) in [6.45, 7) is 6.62. The zero-order chi connectivity index (χ0) is 13.8. The van der Waals surface area contributed by atoms with Crippen molar-refractivity contribution in [3.8, 4) is 0 Å². The molecule has 3 nitrogen and oxygen atoms in total. The highest BCUT2D eigenvalue weighted by molar-refractivity contribution is 7.09. The maximum atomic E-state index is 4.56. The average molecular weight is 281 g/mol. The van der Waals surface area contributed by atoms with Crippen LogP contribution in [0.3, 0.4) is 0 Å². The van der Waals surface area contributed by atoms with Gasteiger partial charge in [0, 0.05) is 24.5 Å². The molecule has 4 heteroatoms. The van der Waals surface area contributed by atoms with Gasteiger partial charge >= 0.3 is 0 Å². The largest absolute Gasteiger partial charge is 0.317 e. The smallest absolute Gasteiger partial charge is 0.0897 e. The summed E-state index contributed by atoms with van der Waals surface area (Å²) in [5.41, 5.74) is 1.22. The maximum absolute atomic E-state index is 4.56. The maximum Gasteiger partial charge on any atom is 0.0897 e. The minimum Gasteiger partial charge on any atom is -0.317 e. The molecule has 1 aromatic rings. The third-order valence-corrected chi connectivity index (χ3v) is 5.08. The van der Waals surface area contributed by atoms with Crippen LogP contribution >= 0.6 is 11.3 Å². The molecule has 3 unspecified atom stereocenters. The predicted octanol–water partition coefficient (Wildman–Crippen LogP) is 2.91. The van der Waals surface area contributed by atoms with Gasteiger partial charge in [-0.15, -0.1) is 11.3 Å². The van der Waals surface area contributed by atoms with Crippen molar-refractivity contribution in [3.63, 3.8) is 0 Å². The number of thiazole rings is 1. The van der Waals surface area contributed by atoms with Crippen molar-refractivity contribution in [2.24, 2.45) is 11.8 Å². The Hall–Kier alpha value is -0.450. The fraction of sp³-hybridized carbons (Fsp3) is 0.800. The number of nitrogens with one attached hydrogen (secondary N) is 1. The molecule has 1 aromatic heterocycles. The first-order valence-corrected chi connectivity index (χ1v) is 8.23. The van der Waals surface area contributed by atoms with E-state index in [4.69, 9.17) is 0 Å². The lowest BCUT2D eigenvalue weighted by molar-refractivity contribution is 0.161. The zero-order valence-electron chi connectivity index (χ0n) is 12.6. The van der Waals surface area contributed by atoms with E-state index in [0.29, 0.717) is 6.04 Å². The summed E-state index contributed by atoms with van der Waals surface area (Å²) in [5.74, 6) is 1.66. The summed E-state index contributed by atoms with van der Waals surface area (Å²) < 4.78 is 0. The Morgan fingerprint density at radius 3 is 2.89 bits per heavy atom. The van der Waals surface area contributed by atoms with Gasteiger partial charge in [-0.2, -0.15) is 0 Å². The van der Waals surface area contributed by atoms with E-state index in [-0.39, 0.29) is 0 Å². The first-order valence-electron chi connectivity index (χ1n) is 7.35. The Morgan fingerprint density at radius 1 is 1.47 bits per heavy atom. The second-order valence-corrected chi connectivity index (χ2v) is 7.19. The second kappa shape index (κ2) is 6.82. The number of hydrogen-bond acceptors (Lipinski definition) is 4. The number of aromatic nitrogens is 1. The molecule has 1 heterocycles. The molecule has 1 fully saturated rings. The fourth-order valence-electron chi connectivity index (χ4n) is 3.30. The number of hydrogen-bond donors (Lipinski definition) is 1. The second-order valence-electron chi connectivity index (χ2n) is 6.13. The highest BCUT2D eigenvalue weighted by Gasteiger charge is 2.28. The summed E-state index contributed by atoms with van der Waals surface area (Å²) in [5, 5.41) is 6.86. The van der Waals surface area contributed by atoms with Gasteiger partial charge in [0.15, 0.2) is 0 Å². The SMILES string of the molecule is CNC1CCC(C)CC1CN(C)Cc1csc(C)n1. The third kappa shape index (κ3) is 4.26. The van der Waals surface area contributed by atoms with Crippen molar-refractivity contribution >= 4 is 11.3 Å². The molecule has 1 N–H and O–H groups in total. The number of aryl methyl sites for hydroxylation is 1. The number of nitrogens with zero attached hydrogens (tertiary/aromatic N) is 2. The van der Waals surface area contributed by atoms with Crippen molar-refractivity contribution in [2.75, 3.05) is 20.6 Å². The van der Waals surface area contributed by atoms with E-state index < -0.39 is 0 Å². The van der Waals surface area contributed by atoms with Gasteiger partial charge < -0.3 is 10.2 Å². The molecule has 0 saturated heterocycles. The summed E-state index contributed by atoms with van der Waals surface area (Å²) in [6, 6.07) is 0.691. The molecule has 0 amide bonds. The van der Waals surface area contributed by atoms with Crippen LogP contribution in [-0.2, 0) is 6.54 Å². The normalized spacial score (nSPS) is 27.9. The van der Waals surface area contributed by atoms with Crippen LogP contribution in [-0.4, -0.2) is 36.6 Å². The lowest BCUT2D eigenvalue weighted by Gasteiger charge is -2.37. The molecule has 108 valence electrons. The molecular weight excluding hydrogens is 254 g/mol. The monoisotopic (exact) mass is 281 g/mol. The predicted molar refractivity (Wildman–Crippen MR) is 82.5 cm³/mol. The lowest BCUT2D eigenvalue weighted by atomic mass is 9.78. The van der Waals surface area contributed by atoms with Gasteiger partial charge in [0.25, 0.3) is 0 Å². The molecule has 0 aliphatic heterocycles. The lowest BCUT2D eigenvalue weighted by Crippen LogP contribution is -2.43. The van der Waals surface area contributed by atoms with Gasteiger partial charge in [-0.05, 0) is 52.1 Å². The molecule has 2 rings (SSSR count). The van der Waals surface area contributed by atoms with Gasteiger partial charge in [0.2, 0.25) is 0 Å². The highest BCUT2D eigenvalue weighted by Crippen LogP contribution is 2.29. The van der Waals surface area contributed by atoms with Crippen molar-refractivity contribution in [2.45, 2.75) is 45.7 Å². The molecule has 0 bridgehead atoms. The van der Waals surface area contributed by atoms with Crippen molar-refractivity contribution in [1.29, 1.82) is 0 Å². The summed E-state index contributed by atoms with van der Waals surface area (Å²) in [7, 11) is 4.33. The molecule has 19 heavy (non-hydrogen) atoms. The Morgan fingerprint density at radius 2 is 2.26 bits per heavy atom. The first-order chi connectivity index (χ1) is 9.08. The molecule has 0 spiro atoms. The van der Waals surface area contributed by atoms with Gasteiger partial charge in [-0.1, -0.05) is 6.92 Å². The first kappa shape index (κ1) is 14.9. The van der Waals surface area contributed by atoms with E-state index in [1.807, 2.05) is 0 Å².